The minimum absolute atomic E-state index is 0.137. The van der Waals surface area contributed by atoms with Crippen molar-refractivity contribution in [3.8, 4) is 0 Å². The maximum atomic E-state index is 12.2. The van der Waals surface area contributed by atoms with Crippen molar-refractivity contribution >= 4 is 17.6 Å². The van der Waals surface area contributed by atoms with Gasteiger partial charge >= 0.3 is 5.97 Å². The molecule has 1 amide bonds. The van der Waals surface area contributed by atoms with Crippen LogP contribution in [0.2, 0.25) is 0 Å². The number of ether oxygens (including phenoxy) is 1. The molecule has 0 radical (unpaired) electrons. The highest BCUT2D eigenvalue weighted by Gasteiger charge is 2.11. The lowest BCUT2D eigenvalue weighted by molar-refractivity contribution is -0.684. The molecule has 0 unspecified atom stereocenters. The van der Waals surface area contributed by atoms with E-state index in [0.29, 0.717) is 11.3 Å². The van der Waals surface area contributed by atoms with E-state index in [9.17, 15) is 9.59 Å². The lowest BCUT2D eigenvalue weighted by Crippen LogP contribution is -2.39. The molecule has 0 aliphatic rings. The third-order valence-electron chi connectivity index (χ3n) is 4.13. The van der Waals surface area contributed by atoms with Crippen LogP contribution in [0.5, 0.6) is 0 Å². The Balaban J connectivity index is 1.55. The van der Waals surface area contributed by atoms with E-state index in [-0.39, 0.29) is 12.5 Å². The first-order valence-electron chi connectivity index (χ1n) is 8.64. The lowest BCUT2D eigenvalue weighted by atomic mass is 10.1. The summed E-state index contributed by atoms with van der Waals surface area (Å²) < 4.78 is 6.48. The van der Waals surface area contributed by atoms with Crippen molar-refractivity contribution < 1.29 is 18.9 Å². The molecule has 0 aliphatic heterocycles. The number of anilines is 1. The molecule has 3 rings (SSSR count). The number of benzene rings is 2. The molecule has 136 valence electrons. The zero-order valence-electron chi connectivity index (χ0n) is 15.1. The van der Waals surface area contributed by atoms with Crippen LogP contribution >= 0.6 is 0 Å². The molecule has 5 heteroatoms. The molecule has 1 heterocycles. The predicted octanol–water partition coefficient (Wildman–Crippen LogP) is 2.99. The molecule has 0 saturated heterocycles. The first-order chi connectivity index (χ1) is 13.1. The summed E-state index contributed by atoms with van der Waals surface area (Å²) in [5, 5.41) is 2.82. The van der Waals surface area contributed by atoms with Gasteiger partial charge in [-0.05, 0) is 41.8 Å². The van der Waals surface area contributed by atoms with Gasteiger partial charge < -0.3 is 10.1 Å². The van der Waals surface area contributed by atoms with Crippen LogP contribution in [0.4, 0.5) is 5.69 Å². The van der Waals surface area contributed by atoms with E-state index in [0.717, 1.165) is 6.42 Å². The van der Waals surface area contributed by atoms with Crippen LogP contribution in [0, 0.1) is 0 Å². The van der Waals surface area contributed by atoms with Gasteiger partial charge in [-0.25, -0.2) is 4.79 Å². The second kappa shape index (κ2) is 8.76. The Hall–Kier alpha value is -3.47. The number of nitrogens with one attached hydrogen (secondary N) is 1. The van der Waals surface area contributed by atoms with Crippen molar-refractivity contribution in [1.29, 1.82) is 0 Å². The van der Waals surface area contributed by atoms with E-state index in [1.807, 2.05) is 47.3 Å². The summed E-state index contributed by atoms with van der Waals surface area (Å²) in [5.41, 5.74) is 3.52. The van der Waals surface area contributed by atoms with Gasteiger partial charge in [0.15, 0.2) is 12.4 Å². The van der Waals surface area contributed by atoms with E-state index in [1.165, 1.54) is 18.2 Å². The molecule has 0 aliphatic carbocycles. The molecular weight excluding hydrogens is 340 g/mol. The number of nitrogens with zero attached hydrogens (tertiary/aromatic N) is 1. The fraction of sp³-hybridized carbons (Fsp3) is 0.136. The van der Waals surface area contributed by atoms with Gasteiger partial charge in [-0.15, -0.1) is 0 Å². The van der Waals surface area contributed by atoms with Gasteiger partial charge in [-0.3, -0.25) is 4.79 Å². The first kappa shape index (κ1) is 18.3. The third kappa shape index (κ3) is 5.25. The zero-order chi connectivity index (χ0) is 19.1. The van der Waals surface area contributed by atoms with E-state index >= 15 is 0 Å². The summed E-state index contributed by atoms with van der Waals surface area (Å²) >= 11 is 0. The normalized spacial score (nSPS) is 10.3. The Bertz CT molecular complexity index is 905. The van der Waals surface area contributed by atoms with Crippen LogP contribution in [-0.2, 0) is 22.5 Å². The molecule has 5 nitrogen and oxygen atoms in total. The predicted molar refractivity (Wildman–Crippen MR) is 102 cm³/mol. The minimum atomic E-state index is -0.404. The molecule has 2 aromatic carbocycles. The zero-order valence-corrected chi connectivity index (χ0v) is 15.1. The Morgan fingerprint density at radius 2 is 1.52 bits per heavy atom. The van der Waals surface area contributed by atoms with Crippen molar-refractivity contribution in [2.24, 2.45) is 0 Å². The number of carbonyl (C=O) groups is 2. The first-order valence-corrected chi connectivity index (χ1v) is 8.64. The number of aromatic nitrogens is 1. The van der Waals surface area contributed by atoms with E-state index in [1.54, 1.807) is 24.3 Å². The molecule has 27 heavy (non-hydrogen) atoms. The summed E-state index contributed by atoms with van der Waals surface area (Å²) in [6.45, 7) is 0.213. The summed E-state index contributed by atoms with van der Waals surface area (Å²) in [6, 6.07) is 20.9. The molecule has 1 N–H and O–H groups in total. The van der Waals surface area contributed by atoms with Crippen LogP contribution < -0.4 is 9.88 Å². The van der Waals surface area contributed by atoms with Gasteiger partial charge in [-0.1, -0.05) is 30.3 Å². The molecule has 0 saturated carbocycles. The number of amides is 1. The van der Waals surface area contributed by atoms with Crippen LogP contribution in [0.25, 0.3) is 0 Å². The van der Waals surface area contributed by atoms with Gasteiger partial charge in [0.05, 0.1) is 12.7 Å². The van der Waals surface area contributed by atoms with Crippen molar-refractivity contribution in [1.82, 2.24) is 0 Å². The van der Waals surface area contributed by atoms with Gasteiger partial charge in [0, 0.05) is 17.8 Å². The van der Waals surface area contributed by atoms with Gasteiger partial charge in [0.25, 0.3) is 5.91 Å². The summed E-state index contributed by atoms with van der Waals surface area (Å²) in [6.07, 6.45) is 4.66. The topological polar surface area (TPSA) is 59.3 Å². The molecular formula is C22H21N2O3+. The Morgan fingerprint density at radius 3 is 2.15 bits per heavy atom. The van der Waals surface area contributed by atoms with E-state index in [2.05, 4.69) is 22.2 Å². The standard InChI is InChI=1S/C22H20N2O3/c1-27-22(26)19-7-9-20(10-8-19)23-21(25)16-24-13-11-18(12-14-24)15-17-5-3-2-4-6-17/h2-14H,15-16H2,1H3/p+1. The van der Waals surface area contributed by atoms with Crippen LogP contribution in [-0.4, -0.2) is 19.0 Å². The quantitative estimate of drug-likeness (QED) is 0.542. The summed E-state index contributed by atoms with van der Waals surface area (Å²) in [4.78, 5) is 23.6. The van der Waals surface area contributed by atoms with Crippen molar-refractivity contribution in [3.05, 3.63) is 95.8 Å². The second-order valence-corrected chi connectivity index (χ2v) is 6.16. The maximum absolute atomic E-state index is 12.2. The molecule has 0 spiro atoms. The fourth-order valence-corrected chi connectivity index (χ4v) is 2.72. The molecule has 0 atom stereocenters. The number of rotatable bonds is 6. The van der Waals surface area contributed by atoms with Crippen molar-refractivity contribution in [2.75, 3.05) is 12.4 Å². The van der Waals surface area contributed by atoms with E-state index in [4.69, 9.17) is 0 Å². The van der Waals surface area contributed by atoms with Gasteiger partial charge in [0.1, 0.15) is 0 Å². The smallest absolute Gasteiger partial charge is 0.337 e. The number of carbonyl (C=O) groups excluding carboxylic acids is 2. The summed E-state index contributed by atoms with van der Waals surface area (Å²) in [7, 11) is 1.33. The second-order valence-electron chi connectivity index (χ2n) is 6.16. The largest absolute Gasteiger partial charge is 0.465 e. The SMILES string of the molecule is COC(=O)c1ccc(NC(=O)C[n+]2ccc(Cc3ccccc3)cc2)cc1. The molecule has 1 aromatic heterocycles. The van der Waals surface area contributed by atoms with Crippen LogP contribution in [0.1, 0.15) is 21.5 Å². The number of pyridine rings is 1. The lowest BCUT2D eigenvalue weighted by Gasteiger charge is -2.05. The average Bonchev–Trinajstić information content (AvgIpc) is 2.70. The van der Waals surface area contributed by atoms with Crippen molar-refractivity contribution in [3.63, 3.8) is 0 Å². The third-order valence-corrected chi connectivity index (χ3v) is 4.13. The number of hydrogen-bond donors (Lipinski definition) is 1. The highest BCUT2D eigenvalue weighted by atomic mass is 16.5. The van der Waals surface area contributed by atoms with Gasteiger partial charge in [-0.2, -0.15) is 4.57 Å². The Kier molecular flexibility index (Phi) is 5.94. The number of methoxy groups -OCH3 is 1. The number of esters is 1. The number of hydrogen-bond acceptors (Lipinski definition) is 3. The Labute approximate surface area is 158 Å². The molecule has 3 aromatic rings. The monoisotopic (exact) mass is 361 g/mol. The highest BCUT2D eigenvalue weighted by molar-refractivity contribution is 5.92. The average molecular weight is 361 g/mol. The minimum Gasteiger partial charge on any atom is -0.465 e. The van der Waals surface area contributed by atoms with Crippen molar-refractivity contribution in [2.45, 2.75) is 13.0 Å². The fourth-order valence-electron chi connectivity index (χ4n) is 2.72. The highest BCUT2D eigenvalue weighted by Crippen LogP contribution is 2.10. The molecule has 0 fully saturated rings. The van der Waals surface area contributed by atoms with Crippen LogP contribution in [0.3, 0.4) is 0 Å². The summed E-state index contributed by atoms with van der Waals surface area (Å²) in [5.74, 6) is -0.541. The van der Waals surface area contributed by atoms with E-state index < -0.39 is 5.97 Å². The van der Waals surface area contributed by atoms with Gasteiger partial charge in [0.2, 0.25) is 6.54 Å². The Morgan fingerprint density at radius 1 is 0.889 bits per heavy atom. The van der Waals surface area contributed by atoms with Crippen LogP contribution in [0.15, 0.2) is 79.1 Å². The maximum Gasteiger partial charge on any atom is 0.337 e. The molecule has 0 bridgehead atoms.